The van der Waals surface area contributed by atoms with Gasteiger partial charge in [0.2, 0.25) is 0 Å². The summed E-state index contributed by atoms with van der Waals surface area (Å²) in [5, 5.41) is 35.1. The molecule has 0 aromatic rings. The summed E-state index contributed by atoms with van der Waals surface area (Å²) in [4.78, 5) is 9.87. The third-order valence-corrected chi connectivity index (χ3v) is 3.50. The normalized spacial score (nSPS) is 31.2. The zero-order valence-corrected chi connectivity index (χ0v) is 10.5. The lowest BCUT2D eigenvalue weighted by Gasteiger charge is -2.21. The summed E-state index contributed by atoms with van der Waals surface area (Å²) in [6, 6.07) is 0. The molecule has 0 aromatic heterocycles. The first-order valence-corrected chi connectivity index (χ1v) is 6.31. The standard InChI is InChI=1S/C7H10.C6H12O5/c1-2-7-4-3-6(1)5-7;1-3(8)5(10)6(11)4(9)2-7/h1-2,6-7H,3-5H2;2-6,8-11H,1H3. The van der Waals surface area contributed by atoms with E-state index in [1.54, 1.807) is 0 Å². The summed E-state index contributed by atoms with van der Waals surface area (Å²) in [6.45, 7) is 1.24. The van der Waals surface area contributed by atoms with Gasteiger partial charge in [0.05, 0.1) is 6.10 Å². The summed E-state index contributed by atoms with van der Waals surface area (Å²) in [5.74, 6) is 1.98. The average Bonchev–Trinajstić information content (AvgIpc) is 3.01. The van der Waals surface area contributed by atoms with Crippen molar-refractivity contribution in [3.8, 4) is 0 Å². The van der Waals surface area contributed by atoms with Crippen LogP contribution in [0.4, 0.5) is 0 Å². The van der Waals surface area contributed by atoms with Crippen LogP contribution in [-0.4, -0.2) is 51.1 Å². The minimum absolute atomic E-state index is 0.0935. The van der Waals surface area contributed by atoms with Crippen molar-refractivity contribution in [3.63, 3.8) is 0 Å². The van der Waals surface area contributed by atoms with Crippen LogP contribution in [0.3, 0.4) is 0 Å². The molecule has 0 radical (unpaired) electrons. The van der Waals surface area contributed by atoms with Crippen LogP contribution < -0.4 is 0 Å². The highest BCUT2D eigenvalue weighted by Gasteiger charge is 2.27. The Morgan fingerprint density at radius 3 is 1.78 bits per heavy atom. The van der Waals surface area contributed by atoms with Crippen LogP contribution in [-0.2, 0) is 4.79 Å². The molecule has 6 atom stereocenters. The second-order valence-corrected chi connectivity index (χ2v) is 5.07. The molecule has 2 bridgehead atoms. The van der Waals surface area contributed by atoms with Gasteiger partial charge >= 0.3 is 0 Å². The van der Waals surface area contributed by atoms with E-state index >= 15 is 0 Å². The van der Waals surface area contributed by atoms with E-state index in [4.69, 9.17) is 20.4 Å². The smallest absolute Gasteiger partial charge is 0.151 e. The van der Waals surface area contributed by atoms with Gasteiger partial charge in [-0.2, -0.15) is 0 Å². The molecular weight excluding hydrogens is 236 g/mol. The zero-order valence-electron chi connectivity index (χ0n) is 10.5. The van der Waals surface area contributed by atoms with Crippen molar-refractivity contribution in [1.82, 2.24) is 0 Å². The lowest BCUT2D eigenvalue weighted by atomic mass is 10.1. The molecule has 1 saturated carbocycles. The Kier molecular flexibility index (Phi) is 5.95. The molecule has 2 aliphatic rings. The Balaban J connectivity index is 0.000000194. The Hall–Kier alpha value is -0.750. The van der Waals surface area contributed by atoms with Gasteiger partial charge in [-0.25, -0.2) is 0 Å². The lowest BCUT2D eigenvalue weighted by Crippen LogP contribution is -2.43. The molecule has 0 amide bonds. The van der Waals surface area contributed by atoms with E-state index in [2.05, 4.69) is 12.2 Å². The fourth-order valence-electron chi connectivity index (χ4n) is 2.28. The molecule has 18 heavy (non-hydrogen) atoms. The van der Waals surface area contributed by atoms with E-state index in [1.807, 2.05) is 0 Å². The lowest BCUT2D eigenvalue weighted by molar-refractivity contribution is -0.132. The van der Waals surface area contributed by atoms with E-state index < -0.39 is 24.4 Å². The second-order valence-electron chi connectivity index (χ2n) is 5.07. The summed E-state index contributed by atoms with van der Waals surface area (Å²) >= 11 is 0. The molecule has 6 unspecified atom stereocenters. The van der Waals surface area contributed by atoms with Crippen LogP contribution in [0.25, 0.3) is 0 Å². The van der Waals surface area contributed by atoms with Crippen molar-refractivity contribution in [2.45, 2.75) is 50.6 Å². The SMILES string of the molecule is C1=CC2CCC1C2.CC(O)C(O)C(O)C(O)C=O. The Morgan fingerprint density at radius 1 is 1.06 bits per heavy atom. The second kappa shape index (κ2) is 6.99. The minimum atomic E-state index is -1.65. The van der Waals surface area contributed by atoms with Crippen LogP contribution in [0.15, 0.2) is 12.2 Å². The Bertz CT molecular complexity index is 277. The monoisotopic (exact) mass is 258 g/mol. The van der Waals surface area contributed by atoms with Gasteiger partial charge in [-0.1, -0.05) is 12.2 Å². The molecule has 5 heteroatoms. The number of aliphatic hydroxyl groups is 4. The first kappa shape index (κ1) is 15.3. The van der Waals surface area contributed by atoms with Crippen LogP contribution in [0.1, 0.15) is 26.2 Å². The van der Waals surface area contributed by atoms with Crippen LogP contribution in [0, 0.1) is 11.8 Å². The number of carbonyl (C=O) groups excluding carboxylic acids is 1. The number of allylic oxidation sites excluding steroid dienone is 2. The Labute approximate surface area is 107 Å². The molecule has 5 nitrogen and oxygen atoms in total. The molecule has 2 aliphatic carbocycles. The van der Waals surface area contributed by atoms with Crippen LogP contribution >= 0.6 is 0 Å². The van der Waals surface area contributed by atoms with Gasteiger partial charge in [0.25, 0.3) is 0 Å². The van der Waals surface area contributed by atoms with Gasteiger partial charge in [-0.3, -0.25) is 0 Å². The number of hydrogen-bond acceptors (Lipinski definition) is 5. The average molecular weight is 258 g/mol. The molecular formula is C13H22O5. The van der Waals surface area contributed by atoms with Crippen molar-refractivity contribution < 1.29 is 25.2 Å². The van der Waals surface area contributed by atoms with Crippen LogP contribution in [0.5, 0.6) is 0 Å². The number of carbonyl (C=O) groups is 1. The molecule has 1 fully saturated rings. The summed E-state index contributed by atoms with van der Waals surface area (Å²) in [5.41, 5.74) is 0. The number of hydrogen-bond donors (Lipinski definition) is 4. The third kappa shape index (κ3) is 4.17. The molecule has 104 valence electrons. The predicted octanol–water partition coefficient (Wildman–Crippen LogP) is -0.379. The number of fused-ring (bicyclic) bond motifs is 2. The topological polar surface area (TPSA) is 98.0 Å². The van der Waals surface area contributed by atoms with E-state index in [9.17, 15) is 4.79 Å². The van der Waals surface area contributed by atoms with Crippen molar-refractivity contribution in [2.24, 2.45) is 11.8 Å². The maximum absolute atomic E-state index is 9.87. The molecule has 0 saturated heterocycles. The van der Waals surface area contributed by atoms with Crippen molar-refractivity contribution in [3.05, 3.63) is 12.2 Å². The highest BCUT2D eigenvalue weighted by Crippen LogP contribution is 2.38. The van der Waals surface area contributed by atoms with Crippen LogP contribution in [0.2, 0.25) is 0 Å². The molecule has 0 spiro atoms. The van der Waals surface area contributed by atoms with E-state index in [0.717, 1.165) is 11.8 Å². The maximum Gasteiger partial charge on any atom is 0.151 e. The van der Waals surface area contributed by atoms with E-state index in [-0.39, 0.29) is 6.29 Å². The van der Waals surface area contributed by atoms with E-state index in [0.29, 0.717) is 0 Å². The summed E-state index contributed by atoms with van der Waals surface area (Å²) < 4.78 is 0. The van der Waals surface area contributed by atoms with Gasteiger partial charge in [0.1, 0.15) is 18.3 Å². The maximum atomic E-state index is 9.87. The quantitative estimate of drug-likeness (QED) is 0.407. The van der Waals surface area contributed by atoms with Gasteiger partial charge in [0.15, 0.2) is 6.29 Å². The molecule has 0 aromatic carbocycles. The first-order valence-electron chi connectivity index (χ1n) is 6.31. The fraction of sp³-hybridized carbons (Fsp3) is 0.769. The Morgan fingerprint density at radius 2 is 1.56 bits per heavy atom. The molecule has 4 N–H and O–H groups in total. The molecule has 0 heterocycles. The van der Waals surface area contributed by atoms with Gasteiger partial charge < -0.3 is 25.2 Å². The minimum Gasteiger partial charge on any atom is -0.391 e. The largest absolute Gasteiger partial charge is 0.391 e. The number of aliphatic hydroxyl groups excluding tert-OH is 4. The first-order chi connectivity index (χ1) is 8.45. The highest BCUT2D eigenvalue weighted by molar-refractivity contribution is 5.56. The third-order valence-electron chi connectivity index (χ3n) is 3.50. The summed E-state index contributed by atoms with van der Waals surface area (Å²) in [7, 11) is 0. The predicted molar refractivity (Wildman–Crippen MR) is 65.7 cm³/mol. The number of rotatable bonds is 4. The molecule has 2 rings (SSSR count). The number of aldehydes is 1. The van der Waals surface area contributed by atoms with Crippen molar-refractivity contribution in [2.75, 3.05) is 0 Å². The molecule has 0 aliphatic heterocycles. The van der Waals surface area contributed by atoms with Gasteiger partial charge in [0, 0.05) is 0 Å². The highest BCUT2D eigenvalue weighted by atomic mass is 16.4. The van der Waals surface area contributed by atoms with Crippen molar-refractivity contribution >= 4 is 6.29 Å². The van der Waals surface area contributed by atoms with Crippen molar-refractivity contribution in [1.29, 1.82) is 0 Å². The van der Waals surface area contributed by atoms with Gasteiger partial charge in [-0.05, 0) is 38.0 Å². The van der Waals surface area contributed by atoms with E-state index in [1.165, 1.54) is 26.2 Å². The zero-order chi connectivity index (χ0) is 13.7. The fourth-order valence-corrected chi connectivity index (χ4v) is 2.28. The summed E-state index contributed by atoms with van der Waals surface area (Å²) in [6.07, 6.45) is 3.31. The van der Waals surface area contributed by atoms with Gasteiger partial charge in [-0.15, -0.1) is 0 Å².